The zero-order valence-electron chi connectivity index (χ0n) is 15.7. The largest absolute Gasteiger partial charge is 0.497 e. The Morgan fingerprint density at radius 2 is 1.93 bits per heavy atom. The van der Waals surface area contributed by atoms with Crippen LogP contribution in [0.2, 0.25) is 10.0 Å². The van der Waals surface area contributed by atoms with E-state index in [0.29, 0.717) is 20.8 Å². The average Bonchev–Trinajstić information content (AvgIpc) is 3.42. The van der Waals surface area contributed by atoms with Crippen LogP contribution in [0.4, 0.5) is 0 Å². The Morgan fingerprint density at radius 3 is 2.60 bits per heavy atom. The molecule has 152 valence electrons. The summed E-state index contributed by atoms with van der Waals surface area (Å²) in [7, 11) is 1.62. The molecule has 30 heavy (non-hydrogen) atoms. The highest BCUT2D eigenvalue weighted by Gasteiger charge is 2.19. The molecule has 0 aliphatic rings. The quantitative estimate of drug-likeness (QED) is 0.232. The van der Waals surface area contributed by atoms with Gasteiger partial charge in [-0.15, -0.1) is 21.5 Å². The summed E-state index contributed by atoms with van der Waals surface area (Å²) < 4.78 is 7.19. The molecule has 0 N–H and O–H groups in total. The lowest BCUT2D eigenvalue weighted by atomic mass is 10.1. The fraction of sp³-hybridized carbons (Fsp3) is 0.0952. The van der Waals surface area contributed by atoms with Crippen molar-refractivity contribution in [2.75, 3.05) is 12.9 Å². The standard InChI is InChI=1S/C21H15Cl2N3O2S2/c1-28-15-7-5-14(6-8-15)26-20(19-3-2-10-29-19)24-25-21(26)30-12-18(27)16-9-4-13(22)11-17(16)23/h2-11H,12H2,1H3. The Bertz CT molecular complexity index is 1180. The molecule has 0 amide bonds. The topological polar surface area (TPSA) is 57.0 Å². The van der Waals surface area contributed by atoms with Gasteiger partial charge in [0, 0.05) is 10.6 Å². The molecule has 9 heteroatoms. The first-order chi connectivity index (χ1) is 14.6. The first kappa shape index (κ1) is 20.9. The summed E-state index contributed by atoms with van der Waals surface area (Å²) in [6.45, 7) is 0. The van der Waals surface area contributed by atoms with Gasteiger partial charge >= 0.3 is 0 Å². The van der Waals surface area contributed by atoms with E-state index in [4.69, 9.17) is 27.9 Å². The third kappa shape index (κ3) is 4.39. The van der Waals surface area contributed by atoms with Crippen LogP contribution in [-0.4, -0.2) is 33.4 Å². The molecular weight excluding hydrogens is 461 g/mol. The zero-order valence-corrected chi connectivity index (χ0v) is 18.9. The van der Waals surface area contributed by atoms with Crippen LogP contribution in [0.25, 0.3) is 16.4 Å². The molecule has 0 radical (unpaired) electrons. The highest BCUT2D eigenvalue weighted by Crippen LogP contribution is 2.32. The molecule has 0 spiro atoms. The molecule has 5 nitrogen and oxygen atoms in total. The molecule has 4 rings (SSSR count). The van der Waals surface area contributed by atoms with Gasteiger partial charge in [0.2, 0.25) is 0 Å². The van der Waals surface area contributed by atoms with E-state index in [0.717, 1.165) is 22.1 Å². The van der Waals surface area contributed by atoms with Crippen LogP contribution in [0.5, 0.6) is 5.75 Å². The molecule has 2 aromatic heterocycles. The van der Waals surface area contributed by atoms with Crippen LogP contribution in [0, 0.1) is 0 Å². The highest BCUT2D eigenvalue weighted by atomic mass is 35.5. The predicted molar refractivity (Wildman–Crippen MR) is 123 cm³/mol. The van der Waals surface area contributed by atoms with Gasteiger partial charge in [-0.1, -0.05) is 41.0 Å². The second-order valence-corrected chi connectivity index (χ2v) is 8.89. The predicted octanol–water partition coefficient (Wildman–Crippen LogP) is 6.29. The summed E-state index contributed by atoms with van der Waals surface area (Å²) in [5.41, 5.74) is 1.31. The Labute approximate surface area is 191 Å². The monoisotopic (exact) mass is 475 g/mol. The molecule has 2 heterocycles. The van der Waals surface area contributed by atoms with Crippen molar-refractivity contribution in [2.45, 2.75) is 5.16 Å². The van der Waals surface area contributed by atoms with E-state index < -0.39 is 0 Å². The normalized spacial score (nSPS) is 10.9. The number of Topliss-reactive ketones (excluding diaryl/α,β-unsaturated/α-hetero) is 1. The average molecular weight is 476 g/mol. The van der Waals surface area contributed by atoms with Crippen molar-refractivity contribution in [1.82, 2.24) is 14.8 Å². The minimum Gasteiger partial charge on any atom is -0.497 e. The number of halogens is 2. The number of thioether (sulfide) groups is 1. The van der Waals surface area contributed by atoms with Gasteiger partial charge in [0.15, 0.2) is 16.8 Å². The van der Waals surface area contributed by atoms with Crippen molar-refractivity contribution in [2.24, 2.45) is 0 Å². The van der Waals surface area contributed by atoms with E-state index >= 15 is 0 Å². The number of carbonyl (C=O) groups excluding carboxylic acids is 1. The molecule has 0 unspecified atom stereocenters. The number of thiophene rings is 1. The van der Waals surface area contributed by atoms with Crippen LogP contribution in [0.1, 0.15) is 10.4 Å². The highest BCUT2D eigenvalue weighted by molar-refractivity contribution is 7.99. The lowest BCUT2D eigenvalue weighted by molar-refractivity contribution is 0.102. The number of carbonyl (C=O) groups is 1. The van der Waals surface area contributed by atoms with E-state index in [-0.39, 0.29) is 11.5 Å². The minimum atomic E-state index is -0.108. The van der Waals surface area contributed by atoms with Gasteiger partial charge in [-0.05, 0) is 53.9 Å². The smallest absolute Gasteiger partial charge is 0.196 e. The van der Waals surface area contributed by atoms with Gasteiger partial charge in [0.05, 0.1) is 28.4 Å². The first-order valence-corrected chi connectivity index (χ1v) is 11.4. The number of methoxy groups -OCH3 is 1. The number of hydrogen-bond donors (Lipinski definition) is 0. The van der Waals surface area contributed by atoms with E-state index in [9.17, 15) is 4.79 Å². The van der Waals surface area contributed by atoms with E-state index in [1.807, 2.05) is 46.3 Å². The van der Waals surface area contributed by atoms with Crippen LogP contribution in [0.3, 0.4) is 0 Å². The summed E-state index contributed by atoms with van der Waals surface area (Å²) in [5, 5.41) is 12.1. The lowest BCUT2D eigenvalue weighted by Gasteiger charge is -2.10. The molecule has 2 aromatic carbocycles. The number of benzene rings is 2. The summed E-state index contributed by atoms with van der Waals surface area (Å²) in [6, 6.07) is 16.4. The van der Waals surface area contributed by atoms with Gasteiger partial charge in [0.25, 0.3) is 0 Å². The number of nitrogens with zero attached hydrogens (tertiary/aromatic N) is 3. The fourth-order valence-electron chi connectivity index (χ4n) is 2.82. The van der Waals surface area contributed by atoms with Crippen molar-refractivity contribution < 1.29 is 9.53 Å². The Balaban J connectivity index is 1.65. The number of ether oxygens (including phenoxy) is 1. The van der Waals surface area contributed by atoms with E-state index in [1.165, 1.54) is 11.8 Å². The number of hydrogen-bond acceptors (Lipinski definition) is 6. The third-order valence-corrected chi connectivity index (χ3v) is 6.61. The molecule has 0 aliphatic heterocycles. The summed E-state index contributed by atoms with van der Waals surface area (Å²) in [4.78, 5) is 13.7. The second-order valence-electron chi connectivity index (χ2n) is 6.15. The maximum atomic E-state index is 12.7. The number of rotatable bonds is 7. The van der Waals surface area contributed by atoms with Gasteiger partial charge in [0.1, 0.15) is 5.75 Å². The van der Waals surface area contributed by atoms with E-state index in [2.05, 4.69) is 10.2 Å². The van der Waals surface area contributed by atoms with Crippen LogP contribution >= 0.6 is 46.3 Å². The van der Waals surface area contributed by atoms with Crippen molar-refractivity contribution in [3.05, 3.63) is 75.6 Å². The van der Waals surface area contributed by atoms with Crippen molar-refractivity contribution in [3.63, 3.8) is 0 Å². The SMILES string of the molecule is COc1ccc(-n2c(SCC(=O)c3ccc(Cl)cc3Cl)nnc2-c2cccs2)cc1. The zero-order chi connectivity index (χ0) is 21.1. The van der Waals surface area contributed by atoms with Crippen molar-refractivity contribution >= 4 is 52.1 Å². The molecule has 0 aliphatic carbocycles. The van der Waals surface area contributed by atoms with Gasteiger partial charge < -0.3 is 4.74 Å². The second kappa shape index (κ2) is 9.22. The summed E-state index contributed by atoms with van der Waals surface area (Å²) >= 11 is 15.0. The third-order valence-electron chi connectivity index (χ3n) is 4.27. The molecular formula is C21H15Cl2N3O2S2. The van der Waals surface area contributed by atoms with Gasteiger partial charge in [-0.2, -0.15) is 0 Å². The van der Waals surface area contributed by atoms with Crippen molar-refractivity contribution in [3.8, 4) is 22.1 Å². The van der Waals surface area contributed by atoms with E-state index in [1.54, 1.807) is 36.6 Å². The first-order valence-electron chi connectivity index (χ1n) is 8.81. The fourth-order valence-corrected chi connectivity index (χ4v) is 4.86. The molecule has 0 saturated carbocycles. The number of ketones is 1. The Kier molecular flexibility index (Phi) is 6.43. The summed E-state index contributed by atoms with van der Waals surface area (Å²) in [5.74, 6) is 1.53. The lowest BCUT2D eigenvalue weighted by Crippen LogP contribution is -2.05. The molecule has 0 bridgehead atoms. The van der Waals surface area contributed by atoms with Crippen molar-refractivity contribution in [1.29, 1.82) is 0 Å². The Hall–Kier alpha value is -2.32. The Morgan fingerprint density at radius 1 is 1.13 bits per heavy atom. The number of aromatic nitrogens is 3. The van der Waals surface area contributed by atoms with Crippen LogP contribution in [0.15, 0.2) is 65.1 Å². The van der Waals surface area contributed by atoms with Gasteiger partial charge in [-0.25, -0.2) is 0 Å². The minimum absolute atomic E-state index is 0.108. The van der Waals surface area contributed by atoms with Crippen LogP contribution in [-0.2, 0) is 0 Å². The molecule has 4 aromatic rings. The maximum Gasteiger partial charge on any atom is 0.196 e. The molecule has 0 saturated heterocycles. The molecule has 0 atom stereocenters. The molecule has 0 fully saturated rings. The summed E-state index contributed by atoms with van der Waals surface area (Å²) in [6.07, 6.45) is 0. The van der Waals surface area contributed by atoms with Gasteiger partial charge in [-0.3, -0.25) is 9.36 Å². The maximum absolute atomic E-state index is 12.7. The van der Waals surface area contributed by atoms with Crippen LogP contribution < -0.4 is 4.74 Å².